The van der Waals surface area contributed by atoms with Crippen molar-refractivity contribution in [2.75, 3.05) is 26.7 Å². The maximum Gasteiger partial charge on any atom is 0.490 e. The molecule has 1 spiro atoms. The highest BCUT2D eigenvalue weighted by Crippen LogP contribution is 2.37. The summed E-state index contributed by atoms with van der Waals surface area (Å²) in [5, 5.41) is 17.8. The number of halogens is 3. The minimum absolute atomic E-state index is 0.124. The standard InChI is InChI=1S/C17H23N5O2S.C2HF3O2/c1-13-18-19-15-11-21(16(23)24-2)12-17(22(13)15)5-7-20(8-6-17)10-14-4-3-9-25-14;3-2(4,5)1(6)7/h3-4,9H,5-8,10-12H2,1-2H3;(H,6,7). The van der Waals surface area contributed by atoms with Gasteiger partial charge in [0.05, 0.1) is 19.2 Å². The molecular formula is C19H24F3N5O4S. The smallest absolute Gasteiger partial charge is 0.475 e. The first-order chi connectivity index (χ1) is 15.1. The van der Waals surface area contributed by atoms with E-state index in [1.54, 1.807) is 4.90 Å². The van der Waals surface area contributed by atoms with Gasteiger partial charge in [-0.15, -0.1) is 21.5 Å². The molecule has 9 nitrogen and oxygen atoms in total. The summed E-state index contributed by atoms with van der Waals surface area (Å²) in [6.07, 6.45) is -3.40. The summed E-state index contributed by atoms with van der Waals surface area (Å²) < 4.78 is 39.0. The number of aromatic nitrogens is 3. The van der Waals surface area contributed by atoms with Gasteiger partial charge in [-0.25, -0.2) is 9.59 Å². The van der Waals surface area contributed by atoms with E-state index in [2.05, 4.69) is 37.2 Å². The molecule has 4 rings (SSSR count). The van der Waals surface area contributed by atoms with E-state index < -0.39 is 12.1 Å². The van der Waals surface area contributed by atoms with E-state index in [4.69, 9.17) is 14.6 Å². The zero-order valence-corrected chi connectivity index (χ0v) is 18.4. The second kappa shape index (κ2) is 9.45. The number of carboxylic acids is 1. The zero-order valence-electron chi connectivity index (χ0n) is 17.6. The van der Waals surface area contributed by atoms with E-state index in [9.17, 15) is 18.0 Å². The number of carbonyl (C=O) groups excluding carboxylic acids is 1. The number of alkyl halides is 3. The van der Waals surface area contributed by atoms with E-state index in [0.29, 0.717) is 13.1 Å². The van der Waals surface area contributed by atoms with Crippen LogP contribution in [-0.4, -0.2) is 74.7 Å². The number of carbonyl (C=O) groups is 2. The van der Waals surface area contributed by atoms with Crippen LogP contribution in [0.2, 0.25) is 0 Å². The second-order valence-electron chi connectivity index (χ2n) is 7.71. The SMILES string of the molecule is COC(=O)N1Cc2nnc(C)n2C2(CCN(Cc3cccs3)CC2)C1.O=C(O)C(F)(F)F. The van der Waals surface area contributed by atoms with Gasteiger partial charge in [0.15, 0.2) is 5.82 Å². The molecule has 176 valence electrons. The highest BCUT2D eigenvalue weighted by atomic mass is 32.1. The van der Waals surface area contributed by atoms with Crippen molar-refractivity contribution in [3.63, 3.8) is 0 Å². The molecule has 1 N–H and O–H groups in total. The Morgan fingerprint density at radius 3 is 2.47 bits per heavy atom. The summed E-state index contributed by atoms with van der Waals surface area (Å²) in [5.41, 5.74) is -0.124. The van der Waals surface area contributed by atoms with E-state index >= 15 is 0 Å². The number of aliphatic carboxylic acids is 1. The largest absolute Gasteiger partial charge is 0.490 e. The third-order valence-electron chi connectivity index (χ3n) is 5.61. The molecule has 13 heteroatoms. The van der Waals surface area contributed by atoms with Crippen LogP contribution in [0, 0.1) is 6.92 Å². The van der Waals surface area contributed by atoms with E-state index in [1.807, 2.05) is 18.3 Å². The van der Waals surface area contributed by atoms with Gasteiger partial charge in [-0.1, -0.05) is 6.07 Å². The van der Waals surface area contributed by atoms with Gasteiger partial charge in [0.1, 0.15) is 5.82 Å². The first-order valence-corrected chi connectivity index (χ1v) is 10.7. The lowest BCUT2D eigenvalue weighted by Gasteiger charge is -2.48. The highest BCUT2D eigenvalue weighted by molar-refractivity contribution is 7.09. The van der Waals surface area contributed by atoms with Crippen molar-refractivity contribution in [3.05, 3.63) is 34.0 Å². The van der Waals surface area contributed by atoms with Crippen LogP contribution >= 0.6 is 11.3 Å². The quantitative estimate of drug-likeness (QED) is 0.713. The molecular weight excluding hydrogens is 451 g/mol. The van der Waals surface area contributed by atoms with Gasteiger partial charge in [0.2, 0.25) is 0 Å². The summed E-state index contributed by atoms with van der Waals surface area (Å²) in [6.45, 7) is 6.15. The third-order valence-corrected chi connectivity index (χ3v) is 6.47. The van der Waals surface area contributed by atoms with Gasteiger partial charge in [-0.2, -0.15) is 13.2 Å². The fourth-order valence-corrected chi connectivity index (χ4v) is 4.91. The minimum Gasteiger partial charge on any atom is -0.475 e. The number of ether oxygens (including phenoxy) is 1. The molecule has 0 unspecified atom stereocenters. The molecule has 4 heterocycles. The summed E-state index contributed by atoms with van der Waals surface area (Å²) in [4.78, 5) is 26.7. The predicted molar refractivity (Wildman–Crippen MR) is 108 cm³/mol. The molecule has 2 aromatic heterocycles. The van der Waals surface area contributed by atoms with Crippen molar-refractivity contribution in [1.29, 1.82) is 0 Å². The van der Waals surface area contributed by atoms with Crippen molar-refractivity contribution < 1.29 is 32.6 Å². The van der Waals surface area contributed by atoms with Crippen molar-refractivity contribution in [1.82, 2.24) is 24.6 Å². The third kappa shape index (κ3) is 5.21. The molecule has 2 aliphatic rings. The molecule has 0 radical (unpaired) electrons. The van der Waals surface area contributed by atoms with E-state index in [0.717, 1.165) is 44.1 Å². The summed E-state index contributed by atoms with van der Waals surface area (Å²) in [6, 6.07) is 4.30. The fourth-order valence-electron chi connectivity index (χ4n) is 4.17. The molecule has 0 atom stereocenters. The predicted octanol–water partition coefficient (Wildman–Crippen LogP) is 2.85. The van der Waals surface area contributed by atoms with Gasteiger partial charge < -0.3 is 14.4 Å². The lowest BCUT2D eigenvalue weighted by Crippen LogP contribution is -2.57. The summed E-state index contributed by atoms with van der Waals surface area (Å²) in [5.74, 6) is -0.959. The number of amides is 1. The van der Waals surface area contributed by atoms with Crippen LogP contribution < -0.4 is 0 Å². The van der Waals surface area contributed by atoms with E-state index in [1.165, 1.54) is 12.0 Å². The lowest BCUT2D eigenvalue weighted by molar-refractivity contribution is -0.192. The molecule has 0 saturated carbocycles. The van der Waals surface area contributed by atoms with Gasteiger partial charge in [0.25, 0.3) is 0 Å². The number of nitrogens with zero attached hydrogens (tertiary/aromatic N) is 5. The molecule has 1 amide bonds. The average molecular weight is 475 g/mol. The number of piperidine rings is 1. The van der Waals surface area contributed by atoms with Crippen LogP contribution in [0.25, 0.3) is 0 Å². The monoisotopic (exact) mass is 475 g/mol. The highest BCUT2D eigenvalue weighted by Gasteiger charge is 2.45. The Balaban J connectivity index is 0.000000360. The van der Waals surface area contributed by atoms with Gasteiger partial charge >= 0.3 is 18.2 Å². The topological polar surface area (TPSA) is 101 Å². The maximum absolute atomic E-state index is 12.1. The molecule has 0 aromatic carbocycles. The van der Waals surface area contributed by atoms with Gasteiger partial charge in [-0.05, 0) is 31.2 Å². The Morgan fingerprint density at radius 2 is 1.94 bits per heavy atom. The Bertz CT molecular complexity index is 939. The molecule has 2 aliphatic heterocycles. The molecule has 32 heavy (non-hydrogen) atoms. The number of hydrogen-bond donors (Lipinski definition) is 1. The van der Waals surface area contributed by atoms with Crippen molar-refractivity contribution >= 4 is 23.4 Å². The number of carboxylic acid groups (broad SMARTS) is 1. The van der Waals surface area contributed by atoms with Crippen LogP contribution in [0.15, 0.2) is 17.5 Å². The lowest BCUT2D eigenvalue weighted by atomic mass is 9.84. The summed E-state index contributed by atoms with van der Waals surface area (Å²) in [7, 11) is 1.43. The number of methoxy groups -OCH3 is 1. The zero-order chi connectivity index (χ0) is 23.5. The first-order valence-electron chi connectivity index (χ1n) is 9.85. The molecule has 2 aromatic rings. The van der Waals surface area contributed by atoms with Crippen LogP contribution in [-0.2, 0) is 28.2 Å². The first kappa shape index (κ1) is 24.0. The summed E-state index contributed by atoms with van der Waals surface area (Å²) >= 11 is 1.81. The Labute approximate surface area is 186 Å². The second-order valence-corrected chi connectivity index (χ2v) is 8.74. The van der Waals surface area contributed by atoms with Gasteiger partial charge in [0, 0.05) is 31.1 Å². The average Bonchev–Trinajstić information content (AvgIpc) is 3.39. The van der Waals surface area contributed by atoms with Crippen LogP contribution in [0.1, 0.15) is 29.4 Å². The van der Waals surface area contributed by atoms with Gasteiger partial charge in [-0.3, -0.25) is 9.80 Å². The number of aryl methyl sites for hydroxylation is 1. The van der Waals surface area contributed by atoms with E-state index in [-0.39, 0.29) is 11.6 Å². The van der Waals surface area contributed by atoms with Crippen LogP contribution in [0.5, 0.6) is 0 Å². The number of thiophene rings is 1. The molecule has 0 aliphatic carbocycles. The maximum atomic E-state index is 12.1. The van der Waals surface area contributed by atoms with Crippen LogP contribution in [0.3, 0.4) is 0 Å². The number of hydrogen-bond acceptors (Lipinski definition) is 7. The van der Waals surface area contributed by atoms with Crippen molar-refractivity contribution in [2.24, 2.45) is 0 Å². The number of fused-ring (bicyclic) bond motifs is 2. The normalized spacial score (nSPS) is 18.0. The Kier molecular flexibility index (Phi) is 7.08. The van der Waals surface area contributed by atoms with Crippen molar-refractivity contribution in [2.45, 2.75) is 44.6 Å². The molecule has 1 fully saturated rings. The molecule has 1 saturated heterocycles. The number of rotatable bonds is 2. The minimum atomic E-state index is -5.08. The Hall–Kier alpha value is -2.67. The van der Waals surface area contributed by atoms with Crippen LogP contribution in [0.4, 0.5) is 18.0 Å². The fraction of sp³-hybridized carbons (Fsp3) is 0.579. The molecule has 0 bridgehead atoms. The Morgan fingerprint density at radius 1 is 1.28 bits per heavy atom. The van der Waals surface area contributed by atoms with Crippen molar-refractivity contribution in [3.8, 4) is 0 Å². The number of likely N-dealkylation sites (tertiary alicyclic amines) is 1.